The van der Waals surface area contributed by atoms with E-state index in [-0.39, 0.29) is 11.9 Å². The Morgan fingerprint density at radius 1 is 0.909 bits per heavy atom. The van der Waals surface area contributed by atoms with Crippen LogP contribution in [0.4, 0.5) is 16.3 Å². The molecule has 1 aromatic carbocycles. The number of carbonyl (C=O) groups is 2. The first-order valence-electron chi connectivity index (χ1n) is 11.6. The lowest BCUT2D eigenvalue weighted by Gasteiger charge is -2.35. The molecule has 4 rings (SSSR count). The maximum atomic E-state index is 12.7. The maximum Gasteiger partial charge on any atom is 0.317 e. The number of piperazine rings is 2. The second-order valence-electron chi connectivity index (χ2n) is 8.61. The fraction of sp³-hybridized carbons (Fsp3) is 0.458. The zero-order valence-corrected chi connectivity index (χ0v) is 19.2. The second-order valence-corrected chi connectivity index (χ2v) is 8.61. The Labute approximate surface area is 195 Å². The van der Waals surface area contributed by atoms with Gasteiger partial charge in [-0.1, -0.05) is 24.3 Å². The Morgan fingerprint density at radius 2 is 1.64 bits per heavy atom. The van der Waals surface area contributed by atoms with Gasteiger partial charge in [0.05, 0.1) is 6.54 Å². The van der Waals surface area contributed by atoms with Crippen LogP contribution in [0, 0.1) is 0 Å². The summed E-state index contributed by atoms with van der Waals surface area (Å²) in [4.78, 5) is 38.1. The van der Waals surface area contributed by atoms with Crippen LogP contribution in [-0.2, 0) is 11.3 Å². The topological polar surface area (TPSA) is 84.1 Å². The number of anilines is 2. The van der Waals surface area contributed by atoms with Gasteiger partial charge in [-0.25, -0.2) is 9.78 Å². The van der Waals surface area contributed by atoms with E-state index in [4.69, 9.17) is 0 Å². The molecule has 3 amide bonds. The summed E-state index contributed by atoms with van der Waals surface area (Å²) in [5, 5.41) is 5.97. The number of para-hydroxylation sites is 1. The Bertz CT molecular complexity index is 923. The van der Waals surface area contributed by atoms with Gasteiger partial charge >= 0.3 is 6.03 Å². The van der Waals surface area contributed by atoms with Crippen LogP contribution in [0.5, 0.6) is 0 Å². The Kier molecular flexibility index (Phi) is 7.74. The van der Waals surface area contributed by atoms with Crippen molar-refractivity contribution in [1.82, 2.24) is 25.0 Å². The fourth-order valence-corrected chi connectivity index (χ4v) is 4.19. The van der Waals surface area contributed by atoms with Gasteiger partial charge in [0.1, 0.15) is 5.82 Å². The van der Waals surface area contributed by atoms with E-state index in [0.717, 1.165) is 43.2 Å². The molecule has 9 nitrogen and oxygen atoms in total. The van der Waals surface area contributed by atoms with Crippen LogP contribution < -0.4 is 15.5 Å². The molecular formula is C24H33N7O2. The normalized spacial score (nSPS) is 17.6. The van der Waals surface area contributed by atoms with Crippen molar-refractivity contribution in [3.05, 3.63) is 54.2 Å². The van der Waals surface area contributed by atoms with Gasteiger partial charge in [0.15, 0.2) is 0 Å². The van der Waals surface area contributed by atoms with E-state index in [1.54, 1.807) is 0 Å². The molecule has 0 bridgehead atoms. The smallest absolute Gasteiger partial charge is 0.317 e. The van der Waals surface area contributed by atoms with E-state index < -0.39 is 0 Å². The van der Waals surface area contributed by atoms with Crippen LogP contribution in [0.25, 0.3) is 0 Å². The van der Waals surface area contributed by atoms with E-state index in [9.17, 15) is 9.59 Å². The van der Waals surface area contributed by atoms with E-state index in [0.29, 0.717) is 39.3 Å². The molecule has 0 atom stereocenters. The molecule has 2 aliphatic heterocycles. The molecule has 9 heteroatoms. The third-order valence-electron chi connectivity index (χ3n) is 6.18. The first-order valence-corrected chi connectivity index (χ1v) is 11.6. The highest BCUT2D eigenvalue weighted by molar-refractivity contribution is 5.92. The summed E-state index contributed by atoms with van der Waals surface area (Å²) in [7, 11) is 2.13. The highest BCUT2D eigenvalue weighted by Gasteiger charge is 2.23. The monoisotopic (exact) mass is 451 g/mol. The first kappa shape index (κ1) is 23.0. The number of nitrogens with zero attached hydrogens (tertiary/aromatic N) is 5. The number of hydrogen-bond donors (Lipinski definition) is 2. The predicted octanol–water partition coefficient (Wildman–Crippen LogP) is 1.30. The molecule has 1 aromatic heterocycles. The molecule has 0 spiro atoms. The van der Waals surface area contributed by atoms with Crippen molar-refractivity contribution in [3.63, 3.8) is 0 Å². The van der Waals surface area contributed by atoms with Crippen molar-refractivity contribution in [2.45, 2.75) is 6.54 Å². The van der Waals surface area contributed by atoms with Crippen molar-refractivity contribution >= 4 is 23.4 Å². The molecule has 2 saturated heterocycles. The fourth-order valence-electron chi connectivity index (χ4n) is 4.19. The zero-order valence-electron chi connectivity index (χ0n) is 19.2. The van der Waals surface area contributed by atoms with Crippen LogP contribution in [0.2, 0.25) is 0 Å². The Balaban J connectivity index is 1.22. The molecule has 2 aromatic rings. The van der Waals surface area contributed by atoms with Crippen LogP contribution in [-0.4, -0.2) is 97.6 Å². The molecule has 176 valence electrons. The van der Waals surface area contributed by atoms with Gasteiger partial charge < -0.3 is 25.3 Å². The molecule has 33 heavy (non-hydrogen) atoms. The molecule has 3 heterocycles. The maximum absolute atomic E-state index is 12.7. The summed E-state index contributed by atoms with van der Waals surface area (Å²) in [6.45, 7) is 7.23. The number of benzene rings is 1. The molecule has 2 fully saturated rings. The molecule has 0 saturated carbocycles. The quantitative estimate of drug-likeness (QED) is 0.689. The van der Waals surface area contributed by atoms with E-state index in [1.165, 1.54) is 0 Å². The highest BCUT2D eigenvalue weighted by atomic mass is 16.2. The van der Waals surface area contributed by atoms with Crippen molar-refractivity contribution in [2.75, 3.05) is 76.2 Å². The van der Waals surface area contributed by atoms with Gasteiger partial charge in [-0.15, -0.1) is 0 Å². The van der Waals surface area contributed by atoms with Crippen molar-refractivity contribution in [3.8, 4) is 0 Å². The Hall–Kier alpha value is -3.17. The highest BCUT2D eigenvalue weighted by Crippen LogP contribution is 2.18. The minimum Gasteiger partial charge on any atom is -0.354 e. The second kappa shape index (κ2) is 11.1. The molecule has 2 aliphatic rings. The van der Waals surface area contributed by atoms with Crippen molar-refractivity contribution in [2.24, 2.45) is 0 Å². The molecular weight excluding hydrogens is 418 g/mol. The first-order chi connectivity index (χ1) is 16.1. The van der Waals surface area contributed by atoms with Crippen LogP contribution >= 0.6 is 0 Å². The average Bonchev–Trinajstić information content (AvgIpc) is 2.84. The van der Waals surface area contributed by atoms with Gasteiger partial charge in [0.2, 0.25) is 5.91 Å². The van der Waals surface area contributed by atoms with E-state index in [2.05, 4.69) is 37.4 Å². The summed E-state index contributed by atoms with van der Waals surface area (Å²) in [6.07, 6.45) is 1.81. The van der Waals surface area contributed by atoms with Gasteiger partial charge in [0, 0.05) is 76.4 Å². The number of likely N-dealkylation sites (N-methyl/N-ethyl adjacent to an activating group) is 1. The number of pyridine rings is 1. The SMILES string of the molecule is CN1CCN(c2ncccc2CNC(=O)N2CCN(CC(=O)Nc3ccccc3)CC2)CC1. The zero-order chi connectivity index (χ0) is 23.0. The predicted molar refractivity (Wildman–Crippen MR) is 129 cm³/mol. The summed E-state index contributed by atoms with van der Waals surface area (Å²) in [5.74, 6) is 0.923. The minimum atomic E-state index is -0.0726. The number of nitrogens with one attached hydrogen (secondary N) is 2. The lowest BCUT2D eigenvalue weighted by molar-refractivity contribution is -0.117. The lowest BCUT2D eigenvalue weighted by atomic mass is 10.2. The summed E-state index contributed by atoms with van der Waals surface area (Å²) >= 11 is 0. The van der Waals surface area contributed by atoms with Crippen LogP contribution in [0.1, 0.15) is 5.56 Å². The van der Waals surface area contributed by atoms with Gasteiger partial charge in [-0.05, 0) is 25.2 Å². The molecule has 2 N–H and O–H groups in total. The largest absolute Gasteiger partial charge is 0.354 e. The number of rotatable bonds is 6. The summed E-state index contributed by atoms with van der Waals surface area (Å²) in [6, 6.07) is 13.3. The Morgan fingerprint density at radius 3 is 2.36 bits per heavy atom. The van der Waals surface area contributed by atoms with Crippen LogP contribution in [0.15, 0.2) is 48.7 Å². The van der Waals surface area contributed by atoms with Gasteiger partial charge in [-0.3, -0.25) is 9.69 Å². The average molecular weight is 452 g/mol. The van der Waals surface area contributed by atoms with Gasteiger partial charge in [0.25, 0.3) is 0 Å². The number of carbonyl (C=O) groups excluding carboxylic acids is 2. The number of amides is 3. The number of hydrogen-bond acceptors (Lipinski definition) is 6. The summed E-state index contributed by atoms with van der Waals surface area (Å²) in [5.41, 5.74) is 1.83. The molecule has 0 aliphatic carbocycles. The lowest BCUT2D eigenvalue weighted by Crippen LogP contribution is -2.53. The molecule has 0 unspecified atom stereocenters. The van der Waals surface area contributed by atoms with Crippen molar-refractivity contribution < 1.29 is 9.59 Å². The number of urea groups is 1. The van der Waals surface area contributed by atoms with E-state index in [1.807, 2.05) is 53.6 Å². The third-order valence-corrected chi connectivity index (χ3v) is 6.18. The summed E-state index contributed by atoms with van der Waals surface area (Å²) < 4.78 is 0. The van der Waals surface area contributed by atoms with E-state index >= 15 is 0 Å². The standard InChI is InChI=1S/C24H33N7O2/c1-28-10-14-30(15-11-28)23-20(6-5-9-25-23)18-26-24(33)31-16-12-29(13-17-31)19-22(32)27-21-7-3-2-4-8-21/h2-9H,10-19H2,1H3,(H,26,33)(H,27,32). The number of aromatic nitrogens is 1. The minimum absolute atomic E-state index is 0.0351. The third kappa shape index (κ3) is 6.43. The molecule has 0 radical (unpaired) electrons. The van der Waals surface area contributed by atoms with Crippen LogP contribution in [0.3, 0.4) is 0 Å². The van der Waals surface area contributed by atoms with Crippen molar-refractivity contribution in [1.29, 1.82) is 0 Å². The van der Waals surface area contributed by atoms with Gasteiger partial charge in [-0.2, -0.15) is 0 Å².